The van der Waals surface area contributed by atoms with Crippen LogP contribution in [0.4, 0.5) is 0 Å². The lowest BCUT2D eigenvalue weighted by Crippen LogP contribution is -2.28. The van der Waals surface area contributed by atoms with Crippen LogP contribution in [-0.4, -0.2) is 58.0 Å². The molecule has 0 aliphatic heterocycles. The van der Waals surface area contributed by atoms with Gasteiger partial charge in [-0.3, -0.25) is 4.57 Å². The highest BCUT2D eigenvalue weighted by molar-refractivity contribution is 7.53. The fourth-order valence-corrected chi connectivity index (χ4v) is 2.75. The van der Waals surface area contributed by atoms with Crippen LogP contribution < -0.4 is 5.32 Å². The van der Waals surface area contributed by atoms with Gasteiger partial charge in [-0.05, 0) is 27.9 Å². The number of likely N-dealkylation sites (N-methyl/N-ethyl adjacent to an activating group) is 1. The molecule has 0 saturated carbocycles. The van der Waals surface area contributed by atoms with Gasteiger partial charge in [-0.25, -0.2) is 0 Å². The number of nitrogens with one attached hydrogen (secondary N) is 1. The second kappa shape index (κ2) is 9.14. The lowest BCUT2D eigenvalue weighted by Gasteiger charge is -2.17. The fourth-order valence-electron chi connectivity index (χ4n) is 1.20. The first kappa shape index (κ1) is 16.1. The monoisotopic (exact) mass is 252 g/mol. The van der Waals surface area contributed by atoms with E-state index < -0.39 is 7.60 Å². The van der Waals surface area contributed by atoms with E-state index in [2.05, 4.69) is 10.2 Å². The van der Waals surface area contributed by atoms with E-state index in [1.54, 1.807) is 0 Å². The smallest absolute Gasteiger partial charge is 0.315 e. The van der Waals surface area contributed by atoms with Crippen molar-refractivity contribution >= 4 is 7.60 Å². The van der Waals surface area contributed by atoms with Gasteiger partial charge in [0.15, 0.2) is 0 Å². The van der Waals surface area contributed by atoms with Gasteiger partial charge in [-0.2, -0.15) is 0 Å². The van der Waals surface area contributed by atoms with Crippen molar-refractivity contribution < 1.29 is 13.6 Å². The van der Waals surface area contributed by atoms with Crippen LogP contribution in [0, 0.1) is 0 Å². The van der Waals surface area contributed by atoms with Crippen molar-refractivity contribution in [3.8, 4) is 0 Å². The Bertz CT molecular complexity index is 202. The summed E-state index contributed by atoms with van der Waals surface area (Å²) in [4.78, 5) is 2.09. The molecule has 5 nitrogen and oxygen atoms in total. The minimum absolute atomic E-state index is 0.426. The van der Waals surface area contributed by atoms with E-state index >= 15 is 0 Å². The average Bonchev–Trinajstić information content (AvgIpc) is 2.17. The van der Waals surface area contributed by atoms with Crippen molar-refractivity contribution in [3.63, 3.8) is 0 Å². The molecule has 0 aromatic heterocycles. The molecule has 0 aromatic rings. The minimum Gasteiger partial charge on any atom is -0.315 e. The molecule has 0 spiro atoms. The quantitative estimate of drug-likeness (QED) is 0.470. The Kier molecular flexibility index (Phi) is 9.18. The Morgan fingerprint density at radius 2 is 1.69 bits per heavy atom. The number of nitrogens with zero attached hydrogens (tertiary/aromatic N) is 1. The van der Waals surface area contributed by atoms with Crippen molar-refractivity contribution in [1.82, 2.24) is 10.2 Å². The summed E-state index contributed by atoms with van der Waals surface area (Å²) >= 11 is 0. The second-order valence-electron chi connectivity index (χ2n) is 3.72. The molecule has 16 heavy (non-hydrogen) atoms. The van der Waals surface area contributed by atoms with Gasteiger partial charge in [-0.15, -0.1) is 0 Å². The van der Waals surface area contributed by atoms with Crippen LogP contribution in [0.1, 0.15) is 13.8 Å². The third kappa shape index (κ3) is 8.25. The third-order valence-corrected chi connectivity index (χ3v) is 4.02. The van der Waals surface area contributed by atoms with E-state index in [4.69, 9.17) is 9.05 Å². The highest BCUT2D eigenvalue weighted by Crippen LogP contribution is 2.47. The lowest BCUT2D eigenvalue weighted by atomic mass is 10.5. The Labute approximate surface area is 99.0 Å². The maximum atomic E-state index is 12.0. The highest BCUT2D eigenvalue weighted by atomic mass is 31.2. The maximum Gasteiger partial charge on any atom is 0.331 e. The summed E-state index contributed by atoms with van der Waals surface area (Å²) < 4.78 is 22.4. The number of hydrogen-bond donors (Lipinski definition) is 1. The number of rotatable bonds is 10. The molecule has 0 radical (unpaired) electrons. The summed E-state index contributed by atoms with van der Waals surface area (Å²) in [5.74, 6) is 0. The normalized spacial score (nSPS) is 12.3. The molecule has 6 heteroatoms. The van der Waals surface area contributed by atoms with Gasteiger partial charge in [0.05, 0.1) is 19.4 Å². The Morgan fingerprint density at radius 1 is 1.12 bits per heavy atom. The zero-order valence-electron chi connectivity index (χ0n) is 10.9. The van der Waals surface area contributed by atoms with Gasteiger partial charge in [0.2, 0.25) is 0 Å². The fraction of sp³-hybridized carbons (Fsp3) is 1.00. The van der Waals surface area contributed by atoms with Crippen LogP contribution in [0.5, 0.6) is 0 Å². The van der Waals surface area contributed by atoms with Crippen LogP contribution in [0.3, 0.4) is 0 Å². The second-order valence-corrected chi connectivity index (χ2v) is 5.91. The summed E-state index contributed by atoms with van der Waals surface area (Å²) in [6.45, 7) is 7.00. The van der Waals surface area contributed by atoms with Gasteiger partial charge in [-0.1, -0.05) is 0 Å². The molecule has 0 amide bonds. The van der Waals surface area contributed by atoms with E-state index in [1.807, 2.05) is 27.9 Å². The standard InChI is InChI=1S/C10H25N2O3P/c1-5-14-16(13,15-6-2)10-8-11-7-9-12(3)4/h11H,5-10H2,1-4H3. The highest BCUT2D eigenvalue weighted by Gasteiger charge is 2.22. The summed E-state index contributed by atoms with van der Waals surface area (Å²) in [5.41, 5.74) is 0. The van der Waals surface area contributed by atoms with E-state index in [-0.39, 0.29) is 0 Å². The zero-order valence-corrected chi connectivity index (χ0v) is 11.8. The molecule has 0 aromatic carbocycles. The summed E-state index contributed by atoms with van der Waals surface area (Å²) in [6, 6.07) is 0. The molecule has 1 N–H and O–H groups in total. The van der Waals surface area contributed by atoms with Crippen molar-refractivity contribution in [3.05, 3.63) is 0 Å². The van der Waals surface area contributed by atoms with E-state index in [0.29, 0.717) is 25.9 Å². The predicted octanol–water partition coefficient (Wildman–Crippen LogP) is 1.40. The van der Waals surface area contributed by atoms with Crippen molar-refractivity contribution in [1.29, 1.82) is 0 Å². The Hall–Kier alpha value is 0.0700. The molecule has 0 rings (SSSR count). The van der Waals surface area contributed by atoms with Crippen LogP contribution in [0.15, 0.2) is 0 Å². The SMILES string of the molecule is CCOP(=O)(CCNCCN(C)C)OCC. The third-order valence-electron chi connectivity index (χ3n) is 1.95. The van der Waals surface area contributed by atoms with Crippen molar-refractivity contribution in [2.75, 3.05) is 53.1 Å². The summed E-state index contributed by atoms with van der Waals surface area (Å²) in [6.07, 6.45) is 0.433. The summed E-state index contributed by atoms with van der Waals surface area (Å²) in [5, 5.41) is 3.22. The van der Waals surface area contributed by atoms with Crippen LogP contribution in [0.2, 0.25) is 0 Å². The Morgan fingerprint density at radius 3 is 2.12 bits per heavy atom. The molecule has 0 fully saturated rings. The molecule has 0 heterocycles. The van der Waals surface area contributed by atoms with Crippen LogP contribution in [-0.2, 0) is 13.6 Å². The van der Waals surface area contributed by atoms with Gasteiger partial charge >= 0.3 is 7.60 Å². The van der Waals surface area contributed by atoms with Crippen molar-refractivity contribution in [2.24, 2.45) is 0 Å². The largest absolute Gasteiger partial charge is 0.331 e. The Balaban J connectivity index is 3.72. The molecule has 0 unspecified atom stereocenters. The zero-order chi connectivity index (χ0) is 12.4. The molecular weight excluding hydrogens is 227 g/mol. The van der Waals surface area contributed by atoms with Gasteiger partial charge in [0.25, 0.3) is 0 Å². The van der Waals surface area contributed by atoms with Gasteiger partial charge in [0, 0.05) is 19.6 Å². The average molecular weight is 252 g/mol. The first-order valence-electron chi connectivity index (χ1n) is 5.77. The lowest BCUT2D eigenvalue weighted by molar-refractivity contribution is 0.220. The topological polar surface area (TPSA) is 50.8 Å². The van der Waals surface area contributed by atoms with Gasteiger partial charge in [0.1, 0.15) is 0 Å². The van der Waals surface area contributed by atoms with Crippen LogP contribution in [0.25, 0.3) is 0 Å². The van der Waals surface area contributed by atoms with Crippen LogP contribution >= 0.6 is 7.60 Å². The first-order chi connectivity index (χ1) is 7.54. The summed E-state index contributed by atoms with van der Waals surface area (Å²) in [7, 11) is 1.18. The first-order valence-corrected chi connectivity index (χ1v) is 7.50. The molecular formula is C10H25N2O3P. The molecule has 0 bridgehead atoms. The van der Waals surface area contributed by atoms with E-state index in [9.17, 15) is 4.57 Å². The molecule has 0 atom stereocenters. The van der Waals surface area contributed by atoms with Crippen molar-refractivity contribution in [2.45, 2.75) is 13.8 Å². The molecule has 98 valence electrons. The van der Waals surface area contributed by atoms with Gasteiger partial charge < -0.3 is 19.3 Å². The number of hydrogen-bond acceptors (Lipinski definition) is 5. The molecule has 0 saturated heterocycles. The van der Waals surface area contributed by atoms with E-state index in [0.717, 1.165) is 13.1 Å². The van der Waals surface area contributed by atoms with E-state index in [1.165, 1.54) is 0 Å². The minimum atomic E-state index is -2.86. The predicted molar refractivity (Wildman–Crippen MR) is 67.1 cm³/mol. The molecule has 0 aliphatic carbocycles. The maximum absolute atomic E-state index is 12.0. The molecule has 0 aliphatic rings.